The van der Waals surface area contributed by atoms with Gasteiger partial charge in [-0.2, -0.15) is 0 Å². The van der Waals surface area contributed by atoms with E-state index in [0.29, 0.717) is 12.2 Å². The van der Waals surface area contributed by atoms with Crippen molar-refractivity contribution in [3.63, 3.8) is 0 Å². The average Bonchev–Trinajstić information content (AvgIpc) is 2.86. The van der Waals surface area contributed by atoms with E-state index in [1.54, 1.807) is 12.1 Å². The minimum Gasteiger partial charge on any atom is -0.358 e. The molecule has 3 heteroatoms. The number of aromatic nitrogens is 1. The average molecular weight is 245 g/mol. The number of hydrogen-bond acceptors (Lipinski definition) is 1. The van der Waals surface area contributed by atoms with Crippen LogP contribution < -0.4 is 0 Å². The molecular weight excluding hydrogens is 229 g/mol. The van der Waals surface area contributed by atoms with E-state index in [4.69, 9.17) is 0 Å². The van der Waals surface area contributed by atoms with Crippen molar-refractivity contribution in [2.24, 2.45) is 5.92 Å². The van der Waals surface area contributed by atoms with Crippen molar-refractivity contribution >= 4 is 16.7 Å². The molecule has 1 aromatic carbocycles. The summed E-state index contributed by atoms with van der Waals surface area (Å²) in [5, 5.41) is 0.923. The summed E-state index contributed by atoms with van der Waals surface area (Å²) < 4.78 is 13.3. The van der Waals surface area contributed by atoms with Crippen molar-refractivity contribution in [3.05, 3.63) is 35.3 Å². The van der Waals surface area contributed by atoms with Crippen LogP contribution in [0.3, 0.4) is 0 Å². The van der Waals surface area contributed by atoms with Gasteiger partial charge >= 0.3 is 0 Å². The number of H-pyrrole nitrogens is 1. The zero-order chi connectivity index (χ0) is 12.7. The molecule has 0 aliphatic heterocycles. The molecule has 2 nitrogen and oxygen atoms in total. The molecule has 0 amide bonds. The molecule has 0 saturated heterocycles. The van der Waals surface area contributed by atoms with Crippen LogP contribution in [-0.2, 0) is 11.2 Å². The van der Waals surface area contributed by atoms with E-state index in [-0.39, 0.29) is 11.7 Å². The highest BCUT2D eigenvalue weighted by atomic mass is 19.1. The zero-order valence-electron chi connectivity index (χ0n) is 10.4. The Morgan fingerprint density at radius 1 is 1.44 bits per heavy atom. The number of hydrogen-bond donors (Lipinski definition) is 1. The lowest BCUT2D eigenvalue weighted by molar-refractivity contribution is -0.120. The molecule has 1 aliphatic carbocycles. The maximum absolute atomic E-state index is 13.3. The van der Waals surface area contributed by atoms with Gasteiger partial charge in [-0.05, 0) is 49.9 Å². The second-order valence-electron chi connectivity index (χ2n) is 5.18. The quantitative estimate of drug-likeness (QED) is 0.862. The minimum absolute atomic E-state index is 0.131. The molecule has 1 unspecified atom stereocenters. The molecule has 1 aromatic heterocycles. The van der Waals surface area contributed by atoms with Crippen molar-refractivity contribution in [1.82, 2.24) is 4.98 Å². The first-order valence-electron chi connectivity index (χ1n) is 6.44. The standard InChI is InChI=1S/C15H16FNO/c1-9-12(7-10-3-2-4-15(10)18)13-8-11(16)5-6-14(13)17-9/h5-6,8,10,17H,2-4,7H2,1H3. The van der Waals surface area contributed by atoms with E-state index in [0.717, 1.165) is 41.4 Å². The second kappa shape index (κ2) is 4.23. The smallest absolute Gasteiger partial charge is 0.136 e. The van der Waals surface area contributed by atoms with E-state index in [9.17, 15) is 9.18 Å². The molecule has 0 radical (unpaired) electrons. The molecule has 3 rings (SSSR count). The summed E-state index contributed by atoms with van der Waals surface area (Å²) in [6.45, 7) is 1.99. The van der Waals surface area contributed by atoms with Gasteiger partial charge < -0.3 is 4.98 Å². The van der Waals surface area contributed by atoms with Crippen molar-refractivity contribution in [2.45, 2.75) is 32.6 Å². The van der Waals surface area contributed by atoms with Crippen LogP contribution in [0.25, 0.3) is 10.9 Å². The number of nitrogens with one attached hydrogen (secondary N) is 1. The number of halogens is 1. The highest BCUT2D eigenvalue weighted by Crippen LogP contribution is 2.30. The fourth-order valence-electron chi connectivity index (χ4n) is 2.97. The van der Waals surface area contributed by atoms with Gasteiger partial charge in [-0.1, -0.05) is 0 Å². The number of benzene rings is 1. The number of Topliss-reactive ketones (excluding diaryl/α,β-unsaturated/α-hetero) is 1. The number of fused-ring (bicyclic) bond motifs is 1. The number of rotatable bonds is 2. The SMILES string of the molecule is Cc1[nH]c2ccc(F)cc2c1CC1CCCC1=O. The number of aryl methyl sites for hydroxylation is 1. The summed E-state index contributed by atoms with van der Waals surface area (Å²) in [7, 11) is 0. The molecule has 1 aliphatic rings. The van der Waals surface area contributed by atoms with Crippen LogP contribution >= 0.6 is 0 Å². The molecule has 1 atom stereocenters. The lowest BCUT2D eigenvalue weighted by Gasteiger charge is -2.08. The Kier molecular flexibility index (Phi) is 2.69. The summed E-state index contributed by atoms with van der Waals surface area (Å²) in [6.07, 6.45) is 3.42. The molecule has 18 heavy (non-hydrogen) atoms. The van der Waals surface area contributed by atoms with Crippen molar-refractivity contribution in [3.8, 4) is 0 Å². The fourth-order valence-corrected chi connectivity index (χ4v) is 2.97. The molecule has 94 valence electrons. The maximum atomic E-state index is 13.3. The number of ketones is 1. The maximum Gasteiger partial charge on any atom is 0.136 e. The summed E-state index contributed by atoms with van der Waals surface area (Å²) in [5.41, 5.74) is 3.11. The zero-order valence-corrected chi connectivity index (χ0v) is 10.4. The third kappa shape index (κ3) is 1.84. The minimum atomic E-state index is -0.222. The highest BCUT2D eigenvalue weighted by Gasteiger charge is 2.26. The summed E-state index contributed by atoms with van der Waals surface area (Å²) in [6, 6.07) is 4.79. The predicted molar refractivity (Wildman–Crippen MR) is 69.0 cm³/mol. The van der Waals surface area contributed by atoms with Crippen LogP contribution in [0.4, 0.5) is 4.39 Å². The van der Waals surface area contributed by atoms with Crippen LogP contribution in [0.5, 0.6) is 0 Å². The highest BCUT2D eigenvalue weighted by molar-refractivity contribution is 5.87. The molecule has 2 aromatic rings. The molecule has 0 spiro atoms. The Bertz CT molecular complexity index is 614. The Morgan fingerprint density at radius 3 is 3.00 bits per heavy atom. The van der Waals surface area contributed by atoms with E-state index in [2.05, 4.69) is 4.98 Å². The van der Waals surface area contributed by atoms with Crippen LogP contribution in [0.15, 0.2) is 18.2 Å². The van der Waals surface area contributed by atoms with Gasteiger partial charge in [0.25, 0.3) is 0 Å². The van der Waals surface area contributed by atoms with Gasteiger partial charge in [0.1, 0.15) is 11.6 Å². The van der Waals surface area contributed by atoms with E-state index < -0.39 is 0 Å². The van der Waals surface area contributed by atoms with Gasteiger partial charge in [-0.15, -0.1) is 0 Å². The van der Waals surface area contributed by atoms with Gasteiger partial charge in [0, 0.05) is 28.9 Å². The van der Waals surface area contributed by atoms with Crippen molar-refractivity contribution in [2.75, 3.05) is 0 Å². The lowest BCUT2D eigenvalue weighted by atomic mass is 9.95. The van der Waals surface area contributed by atoms with E-state index in [1.165, 1.54) is 6.07 Å². The Labute approximate surface area is 105 Å². The summed E-state index contributed by atoms with van der Waals surface area (Å²) in [5.74, 6) is 0.270. The molecular formula is C15H16FNO. The molecule has 1 fully saturated rings. The largest absolute Gasteiger partial charge is 0.358 e. The summed E-state index contributed by atoms with van der Waals surface area (Å²) in [4.78, 5) is 15.0. The van der Waals surface area contributed by atoms with Gasteiger partial charge in [0.15, 0.2) is 0 Å². The third-order valence-electron chi connectivity index (χ3n) is 3.96. The number of carbonyl (C=O) groups is 1. The van der Waals surface area contributed by atoms with Gasteiger partial charge in [-0.25, -0.2) is 4.39 Å². The second-order valence-corrected chi connectivity index (χ2v) is 5.18. The van der Waals surface area contributed by atoms with E-state index in [1.807, 2.05) is 6.92 Å². The van der Waals surface area contributed by atoms with Crippen LogP contribution in [0.1, 0.15) is 30.5 Å². The van der Waals surface area contributed by atoms with Crippen LogP contribution in [0, 0.1) is 18.7 Å². The van der Waals surface area contributed by atoms with Gasteiger partial charge in [0.2, 0.25) is 0 Å². The molecule has 1 N–H and O–H groups in total. The Morgan fingerprint density at radius 2 is 2.28 bits per heavy atom. The predicted octanol–water partition coefficient (Wildman–Crippen LogP) is 3.53. The fraction of sp³-hybridized carbons (Fsp3) is 0.400. The Hall–Kier alpha value is -1.64. The lowest BCUT2D eigenvalue weighted by Crippen LogP contribution is -2.09. The van der Waals surface area contributed by atoms with Crippen molar-refractivity contribution in [1.29, 1.82) is 0 Å². The topological polar surface area (TPSA) is 32.9 Å². The van der Waals surface area contributed by atoms with Gasteiger partial charge in [-0.3, -0.25) is 4.79 Å². The normalized spacial score (nSPS) is 19.9. The van der Waals surface area contributed by atoms with Crippen LogP contribution in [0.2, 0.25) is 0 Å². The third-order valence-corrected chi connectivity index (χ3v) is 3.96. The molecule has 0 bridgehead atoms. The Balaban J connectivity index is 2.02. The monoisotopic (exact) mass is 245 g/mol. The first-order valence-corrected chi connectivity index (χ1v) is 6.44. The van der Waals surface area contributed by atoms with E-state index >= 15 is 0 Å². The molecule has 1 heterocycles. The first-order chi connectivity index (χ1) is 8.65. The first kappa shape index (κ1) is 11.5. The number of carbonyl (C=O) groups excluding carboxylic acids is 1. The van der Waals surface area contributed by atoms with Gasteiger partial charge in [0.05, 0.1) is 0 Å². The number of aromatic amines is 1. The molecule has 1 saturated carbocycles. The van der Waals surface area contributed by atoms with Crippen molar-refractivity contribution < 1.29 is 9.18 Å². The summed E-state index contributed by atoms with van der Waals surface area (Å²) >= 11 is 0. The van der Waals surface area contributed by atoms with Crippen LogP contribution in [-0.4, -0.2) is 10.8 Å².